The second-order valence-corrected chi connectivity index (χ2v) is 6.13. The van der Waals surface area contributed by atoms with E-state index in [4.69, 9.17) is 16.3 Å². The molecular weight excluding hydrogens is 321 g/mol. The van der Waals surface area contributed by atoms with Crippen molar-refractivity contribution in [3.05, 3.63) is 47.2 Å². The normalized spacial score (nSPS) is 11.2. The Morgan fingerprint density at radius 2 is 2.00 bits per heavy atom. The number of phenols is 1. The first-order valence-electron chi connectivity index (χ1n) is 5.69. The van der Waals surface area contributed by atoms with Crippen molar-refractivity contribution in [1.82, 2.24) is 0 Å². The van der Waals surface area contributed by atoms with Crippen molar-refractivity contribution in [2.45, 2.75) is 4.90 Å². The fourth-order valence-corrected chi connectivity index (χ4v) is 3.05. The molecule has 112 valence electrons. The molecular formula is C13H11ClFNO4S. The Morgan fingerprint density at radius 1 is 1.29 bits per heavy atom. The SMILES string of the molecule is COc1ccc(S(=O)(=O)Nc2c(O)cccc2F)cc1Cl. The predicted molar refractivity (Wildman–Crippen MR) is 76.9 cm³/mol. The lowest BCUT2D eigenvalue weighted by atomic mass is 10.3. The highest BCUT2D eigenvalue weighted by Gasteiger charge is 2.20. The van der Waals surface area contributed by atoms with Gasteiger partial charge >= 0.3 is 0 Å². The third-order valence-electron chi connectivity index (χ3n) is 2.66. The molecule has 0 spiro atoms. The van der Waals surface area contributed by atoms with Crippen molar-refractivity contribution in [2.75, 3.05) is 11.8 Å². The van der Waals surface area contributed by atoms with Crippen LogP contribution in [0.1, 0.15) is 0 Å². The average Bonchev–Trinajstić information content (AvgIpc) is 2.43. The molecule has 2 aromatic carbocycles. The van der Waals surface area contributed by atoms with Gasteiger partial charge in [0.1, 0.15) is 17.2 Å². The molecule has 0 aromatic heterocycles. The summed E-state index contributed by atoms with van der Waals surface area (Å²) < 4.78 is 44.8. The number of methoxy groups -OCH3 is 1. The van der Waals surface area contributed by atoms with Gasteiger partial charge in [-0.2, -0.15) is 0 Å². The van der Waals surface area contributed by atoms with Crippen molar-refractivity contribution in [2.24, 2.45) is 0 Å². The molecule has 0 aliphatic rings. The van der Waals surface area contributed by atoms with E-state index in [9.17, 15) is 17.9 Å². The molecule has 21 heavy (non-hydrogen) atoms. The van der Waals surface area contributed by atoms with Crippen LogP contribution in [0.2, 0.25) is 5.02 Å². The number of para-hydroxylation sites is 1. The quantitative estimate of drug-likeness (QED) is 0.844. The van der Waals surface area contributed by atoms with Gasteiger partial charge in [-0.05, 0) is 30.3 Å². The molecule has 0 fully saturated rings. The van der Waals surface area contributed by atoms with Crippen LogP contribution in [0.5, 0.6) is 11.5 Å². The van der Waals surface area contributed by atoms with Gasteiger partial charge in [0.25, 0.3) is 10.0 Å². The first-order chi connectivity index (χ1) is 9.85. The zero-order chi connectivity index (χ0) is 15.6. The molecule has 0 unspecified atom stereocenters. The Hall–Kier alpha value is -1.99. The Labute approximate surface area is 126 Å². The summed E-state index contributed by atoms with van der Waals surface area (Å²) in [6, 6.07) is 7.25. The van der Waals surface area contributed by atoms with Crippen LogP contribution in [0, 0.1) is 5.82 Å². The smallest absolute Gasteiger partial charge is 0.262 e. The van der Waals surface area contributed by atoms with E-state index >= 15 is 0 Å². The van der Waals surface area contributed by atoms with E-state index < -0.39 is 27.3 Å². The number of aromatic hydroxyl groups is 1. The van der Waals surface area contributed by atoms with Crippen molar-refractivity contribution in [1.29, 1.82) is 0 Å². The highest BCUT2D eigenvalue weighted by atomic mass is 35.5. The zero-order valence-electron chi connectivity index (χ0n) is 10.8. The molecule has 0 heterocycles. The predicted octanol–water partition coefficient (Wildman–Crippen LogP) is 2.99. The maximum atomic E-state index is 13.6. The van der Waals surface area contributed by atoms with Crippen LogP contribution in [0.25, 0.3) is 0 Å². The first kappa shape index (κ1) is 15.4. The van der Waals surface area contributed by atoms with Crippen LogP contribution in [0.4, 0.5) is 10.1 Å². The van der Waals surface area contributed by atoms with Crippen molar-refractivity contribution >= 4 is 27.3 Å². The van der Waals surface area contributed by atoms with Crippen LogP contribution < -0.4 is 9.46 Å². The number of anilines is 1. The first-order valence-corrected chi connectivity index (χ1v) is 7.55. The second kappa shape index (κ2) is 5.79. The molecule has 0 bridgehead atoms. The third-order valence-corrected chi connectivity index (χ3v) is 4.30. The number of ether oxygens (including phenoxy) is 1. The van der Waals surface area contributed by atoms with Crippen molar-refractivity contribution in [3.8, 4) is 11.5 Å². The van der Waals surface area contributed by atoms with Gasteiger partial charge in [0, 0.05) is 0 Å². The monoisotopic (exact) mass is 331 g/mol. The summed E-state index contributed by atoms with van der Waals surface area (Å²) in [5.41, 5.74) is -0.524. The summed E-state index contributed by atoms with van der Waals surface area (Å²) in [7, 11) is -2.70. The van der Waals surface area contributed by atoms with E-state index in [0.29, 0.717) is 5.75 Å². The Morgan fingerprint density at radius 3 is 2.57 bits per heavy atom. The minimum absolute atomic E-state index is 0.0955. The number of nitrogens with one attached hydrogen (secondary N) is 1. The summed E-state index contributed by atoms with van der Waals surface area (Å²) >= 11 is 5.86. The molecule has 0 amide bonds. The maximum Gasteiger partial charge on any atom is 0.262 e. The maximum absolute atomic E-state index is 13.6. The molecule has 5 nitrogen and oxygen atoms in total. The van der Waals surface area contributed by atoms with E-state index in [0.717, 1.165) is 6.07 Å². The zero-order valence-corrected chi connectivity index (χ0v) is 12.4. The lowest BCUT2D eigenvalue weighted by Gasteiger charge is -2.11. The van der Waals surface area contributed by atoms with E-state index in [2.05, 4.69) is 0 Å². The lowest BCUT2D eigenvalue weighted by molar-refractivity contribution is 0.414. The van der Waals surface area contributed by atoms with Gasteiger partial charge in [0.2, 0.25) is 0 Å². The molecule has 0 aliphatic heterocycles. The van der Waals surface area contributed by atoms with E-state index in [1.54, 1.807) is 0 Å². The van der Waals surface area contributed by atoms with Gasteiger partial charge < -0.3 is 9.84 Å². The summed E-state index contributed by atoms with van der Waals surface area (Å²) in [5.74, 6) is -1.10. The van der Waals surface area contributed by atoms with Crippen LogP contribution in [-0.2, 0) is 10.0 Å². The van der Waals surface area contributed by atoms with Gasteiger partial charge in [-0.1, -0.05) is 17.7 Å². The minimum atomic E-state index is -4.10. The number of sulfonamides is 1. The van der Waals surface area contributed by atoms with Crippen LogP contribution in [-0.4, -0.2) is 20.6 Å². The Bertz CT molecular complexity index is 759. The molecule has 0 atom stereocenters. The Balaban J connectivity index is 2.41. The molecule has 0 radical (unpaired) electrons. The molecule has 0 saturated heterocycles. The number of phenolic OH excluding ortho intramolecular Hbond substituents is 1. The standard InChI is InChI=1S/C13H11ClFNO4S/c1-20-12-6-5-8(7-9(12)14)21(18,19)16-13-10(15)3-2-4-11(13)17/h2-7,16-17H,1H3. The number of rotatable bonds is 4. The molecule has 2 N–H and O–H groups in total. The number of hydrogen-bond acceptors (Lipinski definition) is 4. The Kier molecular flexibility index (Phi) is 4.24. The summed E-state index contributed by atoms with van der Waals surface area (Å²) in [6.45, 7) is 0. The largest absolute Gasteiger partial charge is 0.506 e. The van der Waals surface area contributed by atoms with Crippen molar-refractivity contribution < 1.29 is 22.7 Å². The number of benzene rings is 2. The molecule has 2 aromatic rings. The van der Waals surface area contributed by atoms with E-state index in [1.807, 2.05) is 4.72 Å². The van der Waals surface area contributed by atoms with Gasteiger partial charge in [0.15, 0.2) is 5.82 Å². The summed E-state index contributed by atoms with van der Waals surface area (Å²) in [4.78, 5) is -0.184. The topological polar surface area (TPSA) is 75.6 Å². The molecule has 2 rings (SSSR count). The van der Waals surface area contributed by atoms with Gasteiger partial charge in [-0.25, -0.2) is 12.8 Å². The molecule has 0 aliphatic carbocycles. The van der Waals surface area contributed by atoms with Crippen LogP contribution in [0.3, 0.4) is 0 Å². The molecule has 0 saturated carbocycles. The summed E-state index contributed by atoms with van der Waals surface area (Å²) in [5, 5.41) is 9.62. The highest BCUT2D eigenvalue weighted by molar-refractivity contribution is 7.92. The minimum Gasteiger partial charge on any atom is -0.506 e. The van der Waals surface area contributed by atoms with Crippen molar-refractivity contribution in [3.63, 3.8) is 0 Å². The number of hydrogen-bond donors (Lipinski definition) is 2. The van der Waals surface area contributed by atoms with Crippen LogP contribution >= 0.6 is 11.6 Å². The average molecular weight is 332 g/mol. The van der Waals surface area contributed by atoms with E-state index in [-0.39, 0.29) is 9.92 Å². The molecule has 8 heteroatoms. The van der Waals surface area contributed by atoms with Crippen LogP contribution in [0.15, 0.2) is 41.3 Å². The third kappa shape index (κ3) is 3.20. The number of halogens is 2. The van der Waals surface area contributed by atoms with Gasteiger partial charge in [-0.15, -0.1) is 0 Å². The summed E-state index contributed by atoms with van der Waals surface area (Å²) in [6.07, 6.45) is 0. The van der Waals surface area contributed by atoms with Gasteiger partial charge in [-0.3, -0.25) is 4.72 Å². The highest BCUT2D eigenvalue weighted by Crippen LogP contribution is 2.31. The van der Waals surface area contributed by atoms with Gasteiger partial charge in [0.05, 0.1) is 17.0 Å². The lowest BCUT2D eigenvalue weighted by Crippen LogP contribution is -2.14. The fourth-order valence-electron chi connectivity index (χ4n) is 1.62. The fraction of sp³-hybridized carbons (Fsp3) is 0.0769. The van der Waals surface area contributed by atoms with E-state index in [1.165, 1.54) is 37.4 Å². The second-order valence-electron chi connectivity index (χ2n) is 4.04.